The van der Waals surface area contributed by atoms with Gasteiger partial charge in [0.2, 0.25) is 0 Å². The van der Waals surface area contributed by atoms with Crippen molar-refractivity contribution in [2.45, 2.75) is 19.3 Å². The highest BCUT2D eigenvalue weighted by molar-refractivity contribution is 5.94. The molecule has 1 aromatic carbocycles. The first-order valence-electron chi connectivity index (χ1n) is 6.31. The molecular formula is C14H17NO4. The molecule has 5 nitrogen and oxygen atoms in total. The van der Waals surface area contributed by atoms with Crippen LogP contribution in [0.5, 0.6) is 5.75 Å². The van der Waals surface area contributed by atoms with Gasteiger partial charge in [-0.2, -0.15) is 0 Å². The highest BCUT2D eigenvalue weighted by Gasteiger charge is 2.14. The van der Waals surface area contributed by atoms with Crippen LogP contribution in [0.1, 0.15) is 28.8 Å². The molecule has 0 atom stereocenters. The molecule has 0 bridgehead atoms. The third kappa shape index (κ3) is 3.47. The zero-order valence-electron chi connectivity index (χ0n) is 10.9. The van der Waals surface area contributed by atoms with Gasteiger partial charge in [-0.1, -0.05) is 0 Å². The zero-order chi connectivity index (χ0) is 13.7. The number of carbonyl (C=O) groups excluding carboxylic acids is 2. The van der Waals surface area contributed by atoms with Crippen LogP contribution >= 0.6 is 0 Å². The minimum absolute atomic E-state index is 0.125. The van der Waals surface area contributed by atoms with Gasteiger partial charge in [0.15, 0.2) is 0 Å². The number of methoxy groups -OCH3 is 1. The van der Waals surface area contributed by atoms with Crippen LogP contribution in [-0.4, -0.2) is 32.1 Å². The summed E-state index contributed by atoms with van der Waals surface area (Å²) in [5, 5.41) is 2.78. The Labute approximate surface area is 111 Å². The molecule has 0 spiro atoms. The van der Waals surface area contributed by atoms with Gasteiger partial charge in [0, 0.05) is 24.9 Å². The van der Waals surface area contributed by atoms with Crippen LogP contribution in [0.4, 0.5) is 0 Å². The van der Waals surface area contributed by atoms with E-state index in [1.165, 1.54) is 7.11 Å². The zero-order valence-corrected chi connectivity index (χ0v) is 10.9. The minimum atomic E-state index is -0.260. The van der Waals surface area contributed by atoms with Gasteiger partial charge in [0.25, 0.3) is 5.91 Å². The monoisotopic (exact) mass is 263 g/mol. The standard InChI is InChI=1S/C14H17NO4/c1-18-13(16)3-2-7-15-14(17)11-4-5-12-10(9-11)6-8-19-12/h4-5,9H,2-3,6-8H2,1H3,(H,15,17). The molecule has 1 aromatic rings. The molecule has 0 saturated heterocycles. The van der Waals surface area contributed by atoms with Crippen molar-refractivity contribution >= 4 is 11.9 Å². The van der Waals surface area contributed by atoms with Gasteiger partial charge < -0.3 is 14.8 Å². The van der Waals surface area contributed by atoms with E-state index in [4.69, 9.17) is 4.74 Å². The molecule has 2 rings (SSSR count). The largest absolute Gasteiger partial charge is 0.493 e. The Balaban J connectivity index is 1.82. The van der Waals surface area contributed by atoms with E-state index in [0.717, 1.165) is 17.7 Å². The quantitative estimate of drug-likeness (QED) is 0.642. The van der Waals surface area contributed by atoms with Crippen LogP contribution in [-0.2, 0) is 16.0 Å². The van der Waals surface area contributed by atoms with Crippen LogP contribution in [0.3, 0.4) is 0 Å². The third-order valence-electron chi connectivity index (χ3n) is 3.02. The highest BCUT2D eigenvalue weighted by Crippen LogP contribution is 2.25. The van der Waals surface area contributed by atoms with Crippen LogP contribution in [0, 0.1) is 0 Å². The van der Waals surface area contributed by atoms with E-state index in [-0.39, 0.29) is 11.9 Å². The number of esters is 1. The Morgan fingerprint density at radius 2 is 2.26 bits per heavy atom. The molecule has 0 aromatic heterocycles. The molecule has 0 unspecified atom stereocenters. The number of carbonyl (C=O) groups is 2. The number of hydrogen-bond acceptors (Lipinski definition) is 4. The first-order valence-corrected chi connectivity index (χ1v) is 6.31. The normalized spacial score (nSPS) is 12.5. The molecule has 1 aliphatic rings. The average molecular weight is 263 g/mol. The minimum Gasteiger partial charge on any atom is -0.493 e. The first kappa shape index (κ1) is 13.4. The summed E-state index contributed by atoms with van der Waals surface area (Å²) >= 11 is 0. The molecule has 102 valence electrons. The number of rotatable bonds is 5. The maximum Gasteiger partial charge on any atom is 0.305 e. The lowest BCUT2D eigenvalue weighted by molar-refractivity contribution is -0.140. The van der Waals surface area contributed by atoms with E-state index in [1.807, 2.05) is 12.1 Å². The van der Waals surface area contributed by atoms with E-state index in [2.05, 4.69) is 10.1 Å². The fourth-order valence-electron chi connectivity index (χ4n) is 1.97. The van der Waals surface area contributed by atoms with E-state index in [1.54, 1.807) is 6.07 Å². The molecule has 0 aliphatic carbocycles. The summed E-state index contributed by atoms with van der Waals surface area (Å²) in [4.78, 5) is 22.8. The molecule has 5 heteroatoms. The van der Waals surface area contributed by atoms with Gasteiger partial charge in [-0.05, 0) is 30.2 Å². The maximum atomic E-state index is 11.9. The third-order valence-corrected chi connectivity index (χ3v) is 3.02. The number of fused-ring (bicyclic) bond motifs is 1. The lowest BCUT2D eigenvalue weighted by atomic mass is 10.1. The highest BCUT2D eigenvalue weighted by atomic mass is 16.5. The Morgan fingerprint density at radius 3 is 3.05 bits per heavy atom. The summed E-state index contributed by atoms with van der Waals surface area (Å²) in [6.07, 6.45) is 1.74. The van der Waals surface area contributed by atoms with Crippen LogP contribution in [0.2, 0.25) is 0 Å². The van der Waals surface area contributed by atoms with Crippen molar-refractivity contribution < 1.29 is 19.1 Å². The van der Waals surface area contributed by atoms with E-state index < -0.39 is 0 Å². The Kier molecular flexibility index (Phi) is 4.39. The smallest absolute Gasteiger partial charge is 0.305 e. The first-order chi connectivity index (χ1) is 9.20. The van der Waals surface area contributed by atoms with Crippen molar-refractivity contribution in [1.82, 2.24) is 5.32 Å². The number of hydrogen-bond donors (Lipinski definition) is 1. The Morgan fingerprint density at radius 1 is 1.42 bits per heavy atom. The summed E-state index contributed by atoms with van der Waals surface area (Å²) in [5.74, 6) is 0.478. The summed E-state index contributed by atoms with van der Waals surface area (Å²) in [5.41, 5.74) is 1.70. The summed E-state index contributed by atoms with van der Waals surface area (Å²) < 4.78 is 9.91. The van der Waals surface area contributed by atoms with Crippen molar-refractivity contribution in [3.8, 4) is 5.75 Å². The molecule has 1 N–H and O–H groups in total. The van der Waals surface area contributed by atoms with Crippen LogP contribution in [0.15, 0.2) is 18.2 Å². The second kappa shape index (κ2) is 6.22. The van der Waals surface area contributed by atoms with Crippen molar-refractivity contribution in [2.24, 2.45) is 0 Å². The van der Waals surface area contributed by atoms with E-state index in [0.29, 0.717) is 31.6 Å². The van der Waals surface area contributed by atoms with Crippen molar-refractivity contribution in [3.63, 3.8) is 0 Å². The second-order valence-corrected chi connectivity index (χ2v) is 4.36. The Hall–Kier alpha value is -2.04. The maximum absolute atomic E-state index is 11.9. The number of nitrogens with one attached hydrogen (secondary N) is 1. The number of ether oxygens (including phenoxy) is 2. The fourth-order valence-corrected chi connectivity index (χ4v) is 1.97. The number of amides is 1. The van der Waals surface area contributed by atoms with Gasteiger partial charge in [-0.3, -0.25) is 9.59 Å². The summed E-state index contributed by atoms with van der Waals surface area (Å²) in [6, 6.07) is 5.43. The van der Waals surface area contributed by atoms with Gasteiger partial charge in [0.1, 0.15) is 5.75 Å². The molecule has 0 saturated carbocycles. The van der Waals surface area contributed by atoms with Gasteiger partial charge in [0.05, 0.1) is 13.7 Å². The molecule has 1 amide bonds. The summed E-state index contributed by atoms with van der Waals surface area (Å²) in [6.45, 7) is 1.14. The topological polar surface area (TPSA) is 64.6 Å². The molecule has 19 heavy (non-hydrogen) atoms. The predicted octanol–water partition coefficient (Wildman–Crippen LogP) is 1.30. The molecule has 1 heterocycles. The Bertz CT molecular complexity index is 484. The predicted molar refractivity (Wildman–Crippen MR) is 69.2 cm³/mol. The van der Waals surface area contributed by atoms with Crippen molar-refractivity contribution in [1.29, 1.82) is 0 Å². The average Bonchev–Trinajstić information content (AvgIpc) is 2.90. The van der Waals surface area contributed by atoms with Gasteiger partial charge in [-0.25, -0.2) is 0 Å². The second-order valence-electron chi connectivity index (χ2n) is 4.36. The van der Waals surface area contributed by atoms with Gasteiger partial charge in [-0.15, -0.1) is 0 Å². The number of benzene rings is 1. The molecule has 1 aliphatic heterocycles. The molecule has 0 radical (unpaired) electrons. The van der Waals surface area contributed by atoms with Crippen LogP contribution in [0.25, 0.3) is 0 Å². The van der Waals surface area contributed by atoms with E-state index >= 15 is 0 Å². The van der Waals surface area contributed by atoms with Crippen molar-refractivity contribution in [3.05, 3.63) is 29.3 Å². The van der Waals surface area contributed by atoms with E-state index in [9.17, 15) is 9.59 Å². The van der Waals surface area contributed by atoms with Crippen molar-refractivity contribution in [2.75, 3.05) is 20.3 Å². The molecular weight excluding hydrogens is 246 g/mol. The SMILES string of the molecule is COC(=O)CCCNC(=O)c1ccc2c(c1)CCO2. The van der Waals surface area contributed by atoms with Gasteiger partial charge >= 0.3 is 5.97 Å². The van der Waals surface area contributed by atoms with Crippen LogP contribution < -0.4 is 10.1 Å². The lowest BCUT2D eigenvalue weighted by Gasteiger charge is -2.06. The lowest BCUT2D eigenvalue weighted by Crippen LogP contribution is -2.25. The summed E-state index contributed by atoms with van der Waals surface area (Å²) in [7, 11) is 1.35. The molecule has 0 fully saturated rings. The fraction of sp³-hybridized carbons (Fsp3) is 0.429.